The van der Waals surface area contributed by atoms with Crippen molar-refractivity contribution in [3.63, 3.8) is 0 Å². The molecule has 2 unspecified atom stereocenters. The van der Waals surface area contributed by atoms with Gasteiger partial charge in [0.25, 0.3) is 5.91 Å². The van der Waals surface area contributed by atoms with Crippen molar-refractivity contribution in [3.8, 4) is 11.5 Å². The van der Waals surface area contributed by atoms with Crippen LogP contribution in [0.4, 0.5) is 0 Å². The molecule has 8 heteroatoms. The molecule has 0 saturated carbocycles. The number of methoxy groups -OCH3 is 1. The lowest BCUT2D eigenvalue weighted by Crippen LogP contribution is -2.38. The zero-order valence-corrected chi connectivity index (χ0v) is 15.9. The number of benzene rings is 1. The molecule has 0 aliphatic carbocycles. The highest BCUT2D eigenvalue weighted by molar-refractivity contribution is 5.85. The summed E-state index contributed by atoms with van der Waals surface area (Å²) in [4.78, 5) is 23.4. The van der Waals surface area contributed by atoms with Crippen molar-refractivity contribution in [3.05, 3.63) is 23.8 Å². The van der Waals surface area contributed by atoms with Crippen LogP contribution in [0.1, 0.15) is 26.3 Å². The number of ether oxygens (including phenoxy) is 2. The molecule has 4 N–H and O–H groups in total. The Morgan fingerprint density at radius 1 is 1.20 bits per heavy atom. The second-order valence-corrected chi connectivity index (χ2v) is 5.59. The quantitative estimate of drug-likeness (QED) is 0.604. The van der Waals surface area contributed by atoms with Crippen LogP contribution in [-0.2, 0) is 16.1 Å². The van der Waals surface area contributed by atoms with Crippen molar-refractivity contribution in [2.45, 2.75) is 33.4 Å². The van der Waals surface area contributed by atoms with Gasteiger partial charge >= 0.3 is 0 Å². The molecule has 25 heavy (non-hydrogen) atoms. The summed E-state index contributed by atoms with van der Waals surface area (Å²) in [7, 11) is 1.52. The van der Waals surface area contributed by atoms with E-state index in [9.17, 15) is 9.59 Å². The Balaban J connectivity index is 0.00000576. The first-order valence-corrected chi connectivity index (χ1v) is 7.98. The number of amides is 2. The monoisotopic (exact) mass is 373 g/mol. The maximum Gasteiger partial charge on any atom is 0.257 e. The molecule has 0 aromatic heterocycles. The first kappa shape index (κ1) is 23.0. The number of likely N-dealkylation sites (N-methyl/N-ethyl adjacent to an activating group) is 1. The maximum atomic E-state index is 11.9. The molecule has 1 rings (SSSR count). The summed E-state index contributed by atoms with van der Waals surface area (Å²) in [6, 6.07) is 5.09. The van der Waals surface area contributed by atoms with Gasteiger partial charge in [0.2, 0.25) is 5.91 Å². The minimum Gasteiger partial charge on any atom is -0.493 e. The van der Waals surface area contributed by atoms with Crippen molar-refractivity contribution >= 4 is 24.2 Å². The molecule has 0 heterocycles. The van der Waals surface area contributed by atoms with E-state index in [-0.39, 0.29) is 42.8 Å². The fourth-order valence-electron chi connectivity index (χ4n) is 1.92. The fraction of sp³-hybridized carbons (Fsp3) is 0.529. The van der Waals surface area contributed by atoms with E-state index in [0.29, 0.717) is 24.6 Å². The third-order valence-electron chi connectivity index (χ3n) is 3.63. The number of carbonyl (C=O) groups is 2. The van der Waals surface area contributed by atoms with Gasteiger partial charge in [-0.3, -0.25) is 9.59 Å². The van der Waals surface area contributed by atoms with E-state index in [0.717, 1.165) is 5.56 Å². The van der Waals surface area contributed by atoms with Gasteiger partial charge in [-0.1, -0.05) is 13.0 Å². The number of halogens is 1. The molecule has 0 saturated heterocycles. The Bertz CT molecular complexity index is 567. The molecule has 0 aliphatic rings. The summed E-state index contributed by atoms with van der Waals surface area (Å²) in [6.07, 6.45) is 0. The summed E-state index contributed by atoms with van der Waals surface area (Å²) in [5.74, 6) is 0.432. The van der Waals surface area contributed by atoms with E-state index >= 15 is 0 Å². The molecule has 1 aromatic carbocycles. The lowest BCUT2D eigenvalue weighted by atomic mass is 10.0. The van der Waals surface area contributed by atoms with Crippen LogP contribution in [-0.4, -0.2) is 38.1 Å². The molecule has 7 nitrogen and oxygen atoms in total. The SMILES string of the molecule is CCNC(=O)COc1ccc(CNC(=O)C(C)C(C)N)cc1OC.Cl. The number of hydrogen-bond acceptors (Lipinski definition) is 5. The summed E-state index contributed by atoms with van der Waals surface area (Å²) >= 11 is 0. The Morgan fingerprint density at radius 3 is 2.44 bits per heavy atom. The van der Waals surface area contributed by atoms with Gasteiger partial charge in [0.15, 0.2) is 18.1 Å². The first-order valence-electron chi connectivity index (χ1n) is 7.98. The smallest absolute Gasteiger partial charge is 0.257 e. The molecular formula is C17H28ClN3O4. The fourth-order valence-corrected chi connectivity index (χ4v) is 1.92. The molecule has 142 valence electrons. The highest BCUT2D eigenvalue weighted by Gasteiger charge is 2.16. The number of carbonyl (C=O) groups excluding carboxylic acids is 2. The standard InChI is InChI=1S/C17H27N3O4.ClH/c1-5-19-16(21)10-24-14-7-6-13(8-15(14)23-4)9-20-17(22)11(2)12(3)18;/h6-8,11-12H,5,9-10,18H2,1-4H3,(H,19,21)(H,20,22);1H. The van der Waals surface area contributed by atoms with Gasteiger partial charge in [-0.15, -0.1) is 12.4 Å². The van der Waals surface area contributed by atoms with E-state index in [1.54, 1.807) is 26.0 Å². The number of nitrogens with one attached hydrogen (secondary N) is 2. The Labute approximate surface area is 155 Å². The van der Waals surface area contributed by atoms with Crippen molar-refractivity contribution in [2.24, 2.45) is 11.7 Å². The predicted molar refractivity (Wildman–Crippen MR) is 99.1 cm³/mol. The first-order chi connectivity index (χ1) is 11.4. The Morgan fingerprint density at radius 2 is 1.88 bits per heavy atom. The minimum atomic E-state index is -0.258. The lowest BCUT2D eigenvalue weighted by Gasteiger charge is -2.16. The van der Waals surface area contributed by atoms with Crippen molar-refractivity contribution in [2.75, 3.05) is 20.3 Å². The molecule has 1 aromatic rings. The van der Waals surface area contributed by atoms with Gasteiger partial charge in [0.05, 0.1) is 7.11 Å². The normalized spacial score (nSPS) is 12.4. The Kier molecular flexibility index (Phi) is 10.6. The number of nitrogens with two attached hydrogens (primary N) is 1. The van der Waals surface area contributed by atoms with Gasteiger partial charge in [-0.05, 0) is 31.5 Å². The molecule has 0 aliphatic heterocycles. The van der Waals surface area contributed by atoms with Gasteiger partial charge in [-0.2, -0.15) is 0 Å². The highest BCUT2D eigenvalue weighted by atomic mass is 35.5. The van der Waals surface area contributed by atoms with Crippen LogP contribution in [0.3, 0.4) is 0 Å². The van der Waals surface area contributed by atoms with Crippen LogP contribution in [0.2, 0.25) is 0 Å². The van der Waals surface area contributed by atoms with Crippen LogP contribution in [0.5, 0.6) is 11.5 Å². The average Bonchev–Trinajstić information content (AvgIpc) is 2.57. The van der Waals surface area contributed by atoms with Crippen LogP contribution >= 0.6 is 12.4 Å². The van der Waals surface area contributed by atoms with Crippen LogP contribution in [0, 0.1) is 5.92 Å². The molecule has 0 spiro atoms. The minimum absolute atomic E-state index is 0. The van der Waals surface area contributed by atoms with Crippen molar-refractivity contribution in [1.82, 2.24) is 10.6 Å². The summed E-state index contributed by atoms with van der Waals surface area (Å²) < 4.78 is 10.7. The van der Waals surface area contributed by atoms with E-state index in [1.165, 1.54) is 7.11 Å². The largest absolute Gasteiger partial charge is 0.493 e. The molecule has 0 radical (unpaired) electrons. The summed E-state index contributed by atoms with van der Waals surface area (Å²) in [5.41, 5.74) is 6.58. The summed E-state index contributed by atoms with van der Waals surface area (Å²) in [6.45, 7) is 6.27. The number of rotatable bonds is 9. The van der Waals surface area contributed by atoms with E-state index in [2.05, 4.69) is 10.6 Å². The molecule has 0 fully saturated rings. The number of hydrogen-bond donors (Lipinski definition) is 3. The topological polar surface area (TPSA) is 103 Å². The maximum absolute atomic E-state index is 11.9. The van der Waals surface area contributed by atoms with Crippen molar-refractivity contribution < 1.29 is 19.1 Å². The molecule has 2 atom stereocenters. The Hall–Kier alpha value is -1.99. The predicted octanol–water partition coefficient (Wildman–Crippen LogP) is 1.23. The van der Waals surface area contributed by atoms with E-state index in [1.807, 2.05) is 13.0 Å². The second kappa shape index (κ2) is 11.5. The highest BCUT2D eigenvalue weighted by Crippen LogP contribution is 2.28. The molecule has 0 bridgehead atoms. The van der Waals surface area contributed by atoms with Crippen LogP contribution < -0.4 is 25.8 Å². The lowest BCUT2D eigenvalue weighted by molar-refractivity contribution is -0.125. The zero-order chi connectivity index (χ0) is 18.1. The third-order valence-corrected chi connectivity index (χ3v) is 3.63. The van der Waals surface area contributed by atoms with Crippen LogP contribution in [0.15, 0.2) is 18.2 Å². The van der Waals surface area contributed by atoms with Crippen LogP contribution in [0.25, 0.3) is 0 Å². The zero-order valence-electron chi connectivity index (χ0n) is 15.1. The van der Waals surface area contributed by atoms with E-state index in [4.69, 9.17) is 15.2 Å². The van der Waals surface area contributed by atoms with Gasteiger partial charge in [0, 0.05) is 25.0 Å². The van der Waals surface area contributed by atoms with Gasteiger partial charge in [-0.25, -0.2) is 0 Å². The second-order valence-electron chi connectivity index (χ2n) is 5.59. The average molecular weight is 374 g/mol. The van der Waals surface area contributed by atoms with Gasteiger partial charge in [0.1, 0.15) is 0 Å². The third kappa shape index (κ3) is 7.62. The van der Waals surface area contributed by atoms with Crippen molar-refractivity contribution in [1.29, 1.82) is 0 Å². The molecular weight excluding hydrogens is 346 g/mol. The molecule has 2 amide bonds. The summed E-state index contributed by atoms with van der Waals surface area (Å²) in [5, 5.41) is 5.49. The van der Waals surface area contributed by atoms with Gasteiger partial charge < -0.3 is 25.8 Å². The van der Waals surface area contributed by atoms with E-state index < -0.39 is 0 Å².